The monoisotopic (exact) mass is 377 g/mol. The minimum Gasteiger partial charge on any atom is -0.437 e. The quantitative estimate of drug-likeness (QED) is 0.699. The van der Waals surface area contributed by atoms with Gasteiger partial charge in [0.25, 0.3) is 0 Å². The van der Waals surface area contributed by atoms with Crippen LogP contribution in [0.3, 0.4) is 0 Å². The van der Waals surface area contributed by atoms with Crippen molar-refractivity contribution in [1.29, 1.82) is 0 Å². The number of hydrogen-bond donors (Lipinski definition) is 1. The second-order valence-corrected chi connectivity index (χ2v) is 5.49. The molecular formula is C16H12INO2. The maximum absolute atomic E-state index is 9.32. The lowest BCUT2D eigenvalue weighted by Gasteiger charge is -2.10. The fourth-order valence-corrected chi connectivity index (χ4v) is 2.51. The summed E-state index contributed by atoms with van der Waals surface area (Å²) in [6.07, 6.45) is 0. The highest BCUT2D eigenvalue weighted by atomic mass is 127. The lowest BCUT2D eigenvalue weighted by molar-refractivity contribution is 0.275. The van der Waals surface area contributed by atoms with Crippen molar-refractivity contribution in [2.24, 2.45) is 0 Å². The Bertz CT molecular complexity index is 758. The normalized spacial score (nSPS) is 10.7. The van der Waals surface area contributed by atoms with Crippen LogP contribution in [0.1, 0.15) is 5.69 Å². The fourth-order valence-electron chi connectivity index (χ4n) is 2.01. The molecule has 4 heteroatoms. The Balaban J connectivity index is 2.13. The van der Waals surface area contributed by atoms with Crippen molar-refractivity contribution in [1.82, 2.24) is 4.98 Å². The number of hydrogen-bond acceptors (Lipinski definition) is 3. The highest BCUT2D eigenvalue weighted by Gasteiger charge is 2.09. The number of rotatable bonds is 3. The lowest BCUT2D eigenvalue weighted by atomic mass is 10.1. The molecule has 0 amide bonds. The molecule has 100 valence electrons. The van der Waals surface area contributed by atoms with E-state index in [9.17, 15) is 5.11 Å². The minimum absolute atomic E-state index is 0.104. The Morgan fingerprint density at radius 1 is 1.05 bits per heavy atom. The van der Waals surface area contributed by atoms with E-state index in [1.807, 2.05) is 54.6 Å². The summed E-state index contributed by atoms with van der Waals surface area (Å²) in [6.45, 7) is -0.104. The summed E-state index contributed by atoms with van der Waals surface area (Å²) in [7, 11) is 0. The van der Waals surface area contributed by atoms with Crippen LogP contribution in [-0.2, 0) is 6.61 Å². The molecule has 0 aliphatic rings. The Hall–Kier alpha value is -1.66. The van der Waals surface area contributed by atoms with E-state index in [-0.39, 0.29) is 6.61 Å². The van der Waals surface area contributed by atoms with Crippen LogP contribution >= 0.6 is 22.6 Å². The van der Waals surface area contributed by atoms with Gasteiger partial charge in [-0.3, -0.25) is 0 Å². The largest absolute Gasteiger partial charge is 0.437 e. The third-order valence-electron chi connectivity index (χ3n) is 2.96. The van der Waals surface area contributed by atoms with E-state index in [4.69, 9.17) is 4.74 Å². The summed E-state index contributed by atoms with van der Waals surface area (Å²) >= 11 is 2.23. The first-order valence-corrected chi connectivity index (χ1v) is 7.28. The van der Waals surface area contributed by atoms with Crippen molar-refractivity contribution in [3.8, 4) is 11.6 Å². The molecule has 2 aromatic carbocycles. The molecule has 0 aliphatic carbocycles. The number of aromatic nitrogens is 1. The predicted molar refractivity (Wildman–Crippen MR) is 86.9 cm³/mol. The Labute approximate surface area is 130 Å². The van der Waals surface area contributed by atoms with Crippen LogP contribution in [0.2, 0.25) is 0 Å². The molecule has 1 aromatic heterocycles. The van der Waals surface area contributed by atoms with Gasteiger partial charge in [-0.25, -0.2) is 4.98 Å². The van der Waals surface area contributed by atoms with Gasteiger partial charge in [0.15, 0.2) is 0 Å². The predicted octanol–water partition coefficient (Wildman–Crippen LogP) is 4.12. The molecule has 1 N–H and O–H groups in total. The van der Waals surface area contributed by atoms with Gasteiger partial charge in [0, 0.05) is 5.39 Å². The van der Waals surface area contributed by atoms with Crippen molar-refractivity contribution in [3.63, 3.8) is 0 Å². The summed E-state index contributed by atoms with van der Waals surface area (Å²) in [5.41, 5.74) is 0.602. The molecule has 0 fully saturated rings. The van der Waals surface area contributed by atoms with Crippen LogP contribution < -0.4 is 4.74 Å². The van der Waals surface area contributed by atoms with Crippen molar-refractivity contribution in [2.45, 2.75) is 6.61 Å². The second-order valence-electron chi connectivity index (χ2n) is 4.33. The number of pyridine rings is 1. The molecule has 3 aromatic rings. The van der Waals surface area contributed by atoms with E-state index in [1.165, 1.54) is 0 Å². The number of nitrogens with zero attached hydrogens (tertiary/aromatic N) is 1. The zero-order chi connectivity index (χ0) is 13.9. The SMILES string of the molecule is OCc1cc2ccccc2c(Oc2ccccc2I)n1. The number of halogens is 1. The van der Waals surface area contributed by atoms with E-state index in [2.05, 4.69) is 27.6 Å². The van der Waals surface area contributed by atoms with Gasteiger partial charge in [-0.1, -0.05) is 30.3 Å². The van der Waals surface area contributed by atoms with E-state index in [0.29, 0.717) is 11.6 Å². The number of aliphatic hydroxyl groups excluding tert-OH is 1. The lowest BCUT2D eigenvalue weighted by Crippen LogP contribution is -1.96. The van der Waals surface area contributed by atoms with Gasteiger partial charge in [0.05, 0.1) is 15.9 Å². The summed E-state index contributed by atoms with van der Waals surface area (Å²) in [6, 6.07) is 17.5. The molecule has 3 nitrogen and oxygen atoms in total. The molecule has 0 unspecified atom stereocenters. The maximum Gasteiger partial charge on any atom is 0.227 e. The van der Waals surface area contributed by atoms with Gasteiger partial charge in [-0.05, 0) is 52.2 Å². The van der Waals surface area contributed by atoms with Gasteiger partial charge in [-0.2, -0.15) is 0 Å². The Kier molecular flexibility index (Phi) is 3.84. The van der Waals surface area contributed by atoms with Crippen molar-refractivity contribution in [2.75, 3.05) is 0 Å². The molecule has 0 aliphatic heterocycles. The van der Waals surface area contributed by atoms with E-state index in [0.717, 1.165) is 20.1 Å². The zero-order valence-corrected chi connectivity index (χ0v) is 12.7. The number of benzene rings is 2. The molecule has 20 heavy (non-hydrogen) atoms. The molecule has 0 spiro atoms. The smallest absolute Gasteiger partial charge is 0.227 e. The second kappa shape index (κ2) is 5.76. The van der Waals surface area contributed by atoms with Gasteiger partial charge < -0.3 is 9.84 Å². The van der Waals surface area contributed by atoms with Gasteiger partial charge in [0.1, 0.15) is 5.75 Å². The van der Waals surface area contributed by atoms with Gasteiger partial charge in [-0.15, -0.1) is 0 Å². The number of para-hydroxylation sites is 1. The molecule has 0 atom stereocenters. The van der Waals surface area contributed by atoms with E-state index in [1.54, 1.807) is 0 Å². The van der Waals surface area contributed by atoms with E-state index >= 15 is 0 Å². The topological polar surface area (TPSA) is 42.4 Å². The van der Waals surface area contributed by atoms with Gasteiger partial charge >= 0.3 is 0 Å². The highest BCUT2D eigenvalue weighted by molar-refractivity contribution is 14.1. The van der Waals surface area contributed by atoms with E-state index < -0.39 is 0 Å². The van der Waals surface area contributed by atoms with Crippen LogP contribution in [0.4, 0.5) is 0 Å². The average molecular weight is 377 g/mol. The number of aliphatic hydroxyl groups is 1. The number of ether oxygens (including phenoxy) is 1. The van der Waals surface area contributed by atoms with Gasteiger partial charge in [0.2, 0.25) is 5.88 Å². The molecule has 0 saturated carbocycles. The zero-order valence-electron chi connectivity index (χ0n) is 10.6. The first-order valence-electron chi connectivity index (χ1n) is 6.20. The first kappa shape index (κ1) is 13.3. The van der Waals surface area contributed by atoms with Crippen LogP contribution in [0, 0.1) is 3.57 Å². The molecule has 0 saturated heterocycles. The van der Waals surface area contributed by atoms with Crippen molar-refractivity contribution < 1.29 is 9.84 Å². The standard InChI is InChI=1S/C16H12INO2/c17-14-7-3-4-8-15(14)20-16-13-6-2-1-5-11(13)9-12(10-19)18-16/h1-9,19H,10H2. The van der Waals surface area contributed by atoms with Crippen LogP contribution in [0.25, 0.3) is 10.8 Å². The van der Waals surface area contributed by atoms with Crippen molar-refractivity contribution in [3.05, 3.63) is 63.9 Å². The van der Waals surface area contributed by atoms with Crippen LogP contribution in [0.5, 0.6) is 11.6 Å². The third-order valence-corrected chi connectivity index (χ3v) is 3.85. The molecule has 0 bridgehead atoms. The highest BCUT2D eigenvalue weighted by Crippen LogP contribution is 2.31. The summed E-state index contributed by atoms with van der Waals surface area (Å²) in [4.78, 5) is 4.38. The number of fused-ring (bicyclic) bond motifs is 1. The first-order chi connectivity index (χ1) is 9.78. The third kappa shape index (κ3) is 2.62. The Morgan fingerprint density at radius 3 is 2.60 bits per heavy atom. The fraction of sp³-hybridized carbons (Fsp3) is 0.0625. The minimum atomic E-state index is -0.104. The molecular weight excluding hydrogens is 365 g/mol. The summed E-state index contributed by atoms with van der Waals surface area (Å²) in [5, 5.41) is 11.3. The molecule has 0 radical (unpaired) electrons. The Morgan fingerprint density at radius 2 is 1.80 bits per heavy atom. The van der Waals surface area contributed by atoms with Crippen molar-refractivity contribution >= 4 is 33.4 Å². The maximum atomic E-state index is 9.32. The van der Waals surface area contributed by atoms with Crippen LogP contribution in [0.15, 0.2) is 54.6 Å². The van der Waals surface area contributed by atoms with Crippen LogP contribution in [-0.4, -0.2) is 10.1 Å². The molecule has 1 heterocycles. The average Bonchev–Trinajstić information content (AvgIpc) is 2.49. The summed E-state index contributed by atoms with van der Waals surface area (Å²) < 4.78 is 6.95. The summed E-state index contributed by atoms with van der Waals surface area (Å²) in [5.74, 6) is 1.29. The molecule has 3 rings (SSSR count).